The maximum Gasteiger partial charge on any atom is 0.354 e. The van der Waals surface area contributed by atoms with E-state index in [0.717, 1.165) is 0 Å². The molecular weight excluding hydrogens is 236 g/mol. The summed E-state index contributed by atoms with van der Waals surface area (Å²) >= 11 is 0. The number of ether oxygens (including phenoxy) is 1. The van der Waals surface area contributed by atoms with Gasteiger partial charge in [-0.25, -0.2) is 10.2 Å². The fraction of sp³-hybridized carbons (Fsp3) is 0.250. The van der Waals surface area contributed by atoms with Gasteiger partial charge in [0.05, 0.1) is 6.61 Å². The van der Waals surface area contributed by atoms with E-state index in [2.05, 4.69) is 10.5 Å². The van der Waals surface area contributed by atoms with Crippen LogP contribution in [-0.4, -0.2) is 29.3 Å². The summed E-state index contributed by atoms with van der Waals surface area (Å²) in [5, 5.41) is 12.8. The second kappa shape index (κ2) is 6.39. The summed E-state index contributed by atoms with van der Waals surface area (Å²) in [5.41, 5.74) is 2.49. The van der Waals surface area contributed by atoms with E-state index in [1.54, 1.807) is 6.92 Å². The molecule has 1 aromatic carbocycles. The van der Waals surface area contributed by atoms with Gasteiger partial charge in [-0.05, 0) is 32.0 Å². The third kappa shape index (κ3) is 3.89. The second-order valence-electron chi connectivity index (χ2n) is 3.41. The van der Waals surface area contributed by atoms with Crippen LogP contribution < -0.4 is 5.43 Å². The minimum atomic E-state index is -0.589. The topological polar surface area (TPSA) is 88.0 Å². The summed E-state index contributed by atoms with van der Waals surface area (Å²) in [5.74, 6) is -1.13. The quantitative estimate of drug-likeness (QED) is 0.475. The average Bonchev–Trinajstić information content (AvgIpc) is 2.35. The van der Waals surface area contributed by atoms with Gasteiger partial charge in [-0.1, -0.05) is 6.07 Å². The van der Waals surface area contributed by atoms with Crippen molar-refractivity contribution in [1.82, 2.24) is 5.43 Å². The summed E-state index contributed by atoms with van der Waals surface area (Å²) < 4.78 is 4.70. The zero-order valence-corrected chi connectivity index (χ0v) is 10.1. The van der Waals surface area contributed by atoms with Gasteiger partial charge in [0.2, 0.25) is 0 Å². The van der Waals surface area contributed by atoms with Crippen molar-refractivity contribution in [2.45, 2.75) is 13.8 Å². The number of carbonyl (C=O) groups excluding carboxylic acids is 2. The number of aromatic hydroxyl groups is 1. The molecule has 6 nitrogen and oxygen atoms in total. The Hall–Kier alpha value is -2.37. The fourth-order valence-electron chi connectivity index (χ4n) is 1.13. The zero-order valence-electron chi connectivity index (χ0n) is 10.1. The Morgan fingerprint density at radius 1 is 1.44 bits per heavy atom. The number of rotatable bonds is 4. The third-order valence-corrected chi connectivity index (χ3v) is 2.00. The molecule has 0 unspecified atom stereocenters. The van der Waals surface area contributed by atoms with Crippen molar-refractivity contribution in [3.8, 4) is 5.75 Å². The van der Waals surface area contributed by atoms with Crippen molar-refractivity contribution in [3.05, 3.63) is 29.8 Å². The Kier molecular flexibility index (Phi) is 4.86. The highest BCUT2D eigenvalue weighted by Gasteiger charge is 2.09. The SMILES string of the molecule is CCOC(=O)/C(C)=N/NC(=O)c1cccc(O)c1. The molecule has 1 aromatic rings. The molecule has 96 valence electrons. The summed E-state index contributed by atoms with van der Waals surface area (Å²) in [7, 11) is 0. The molecule has 0 saturated heterocycles. The summed E-state index contributed by atoms with van der Waals surface area (Å²) in [4.78, 5) is 22.8. The standard InChI is InChI=1S/C12H14N2O4/c1-3-18-12(17)8(2)13-14-11(16)9-5-4-6-10(15)7-9/h4-7,15H,3H2,1-2H3,(H,14,16)/b13-8+. The molecule has 2 N–H and O–H groups in total. The number of hydrazone groups is 1. The first-order chi connectivity index (χ1) is 8.54. The van der Waals surface area contributed by atoms with Crippen LogP contribution in [0.2, 0.25) is 0 Å². The molecule has 0 fully saturated rings. The van der Waals surface area contributed by atoms with E-state index in [4.69, 9.17) is 4.74 Å². The van der Waals surface area contributed by atoms with Crippen molar-refractivity contribution >= 4 is 17.6 Å². The van der Waals surface area contributed by atoms with Gasteiger partial charge in [0, 0.05) is 5.56 Å². The van der Waals surface area contributed by atoms with E-state index in [0.29, 0.717) is 0 Å². The third-order valence-electron chi connectivity index (χ3n) is 2.00. The number of phenolic OH excluding ortho intramolecular Hbond substituents is 1. The number of carbonyl (C=O) groups is 2. The lowest BCUT2D eigenvalue weighted by Gasteiger charge is -2.03. The molecule has 0 aliphatic carbocycles. The van der Waals surface area contributed by atoms with Crippen molar-refractivity contribution in [1.29, 1.82) is 0 Å². The molecule has 0 aromatic heterocycles. The van der Waals surface area contributed by atoms with E-state index in [9.17, 15) is 14.7 Å². The normalized spacial score (nSPS) is 10.9. The maximum atomic E-state index is 11.6. The number of hydrogen-bond donors (Lipinski definition) is 2. The van der Waals surface area contributed by atoms with Gasteiger partial charge in [0.15, 0.2) is 0 Å². The highest BCUT2D eigenvalue weighted by Crippen LogP contribution is 2.10. The summed E-state index contributed by atoms with van der Waals surface area (Å²) in [6, 6.07) is 5.80. The highest BCUT2D eigenvalue weighted by atomic mass is 16.5. The fourth-order valence-corrected chi connectivity index (χ4v) is 1.13. The molecule has 0 bridgehead atoms. The Balaban J connectivity index is 2.66. The van der Waals surface area contributed by atoms with Crippen LogP contribution >= 0.6 is 0 Å². The molecule has 1 rings (SSSR count). The summed E-state index contributed by atoms with van der Waals surface area (Å²) in [6.07, 6.45) is 0. The molecule has 0 aliphatic rings. The Morgan fingerprint density at radius 3 is 2.78 bits per heavy atom. The van der Waals surface area contributed by atoms with E-state index in [1.165, 1.54) is 31.2 Å². The first-order valence-electron chi connectivity index (χ1n) is 5.35. The second-order valence-corrected chi connectivity index (χ2v) is 3.41. The van der Waals surface area contributed by atoms with Crippen LogP contribution in [0.25, 0.3) is 0 Å². The first kappa shape index (κ1) is 13.7. The van der Waals surface area contributed by atoms with Crippen molar-refractivity contribution in [2.75, 3.05) is 6.61 Å². The molecule has 0 radical (unpaired) electrons. The van der Waals surface area contributed by atoms with Crippen LogP contribution in [-0.2, 0) is 9.53 Å². The molecule has 1 amide bonds. The number of benzene rings is 1. The van der Waals surface area contributed by atoms with Gasteiger partial charge in [0.25, 0.3) is 5.91 Å². The van der Waals surface area contributed by atoms with Gasteiger partial charge in [-0.3, -0.25) is 4.79 Å². The highest BCUT2D eigenvalue weighted by molar-refractivity contribution is 6.35. The monoisotopic (exact) mass is 250 g/mol. The van der Waals surface area contributed by atoms with Crippen molar-refractivity contribution < 1.29 is 19.4 Å². The smallest absolute Gasteiger partial charge is 0.354 e. The Labute approximate surface area is 104 Å². The lowest BCUT2D eigenvalue weighted by molar-refractivity contribution is -0.135. The van der Waals surface area contributed by atoms with Gasteiger partial charge in [0.1, 0.15) is 11.5 Å². The lowest BCUT2D eigenvalue weighted by atomic mass is 10.2. The average molecular weight is 250 g/mol. The van der Waals surface area contributed by atoms with Gasteiger partial charge in [-0.15, -0.1) is 0 Å². The predicted molar refractivity (Wildman–Crippen MR) is 65.3 cm³/mol. The predicted octanol–water partition coefficient (Wildman–Crippen LogP) is 1.06. The molecule has 0 heterocycles. The molecule has 6 heteroatoms. The Morgan fingerprint density at radius 2 is 2.17 bits per heavy atom. The molecule has 18 heavy (non-hydrogen) atoms. The number of nitrogens with one attached hydrogen (secondary N) is 1. The number of hydrogen-bond acceptors (Lipinski definition) is 5. The molecule has 0 atom stereocenters. The number of nitrogens with zero attached hydrogens (tertiary/aromatic N) is 1. The minimum Gasteiger partial charge on any atom is -0.508 e. The van der Waals surface area contributed by atoms with Gasteiger partial charge < -0.3 is 9.84 Å². The number of esters is 1. The van der Waals surface area contributed by atoms with E-state index >= 15 is 0 Å². The van der Waals surface area contributed by atoms with Crippen molar-refractivity contribution in [3.63, 3.8) is 0 Å². The van der Waals surface area contributed by atoms with Gasteiger partial charge in [-0.2, -0.15) is 5.10 Å². The van der Waals surface area contributed by atoms with Crippen LogP contribution in [0.15, 0.2) is 29.4 Å². The van der Waals surface area contributed by atoms with Crippen LogP contribution in [0.4, 0.5) is 0 Å². The van der Waals surface area contributed by atoms with E-state index < -0.39 is 11.9 Å². The number of amides is 1. The Bertz CT molecular complexity index is 483. The van der Waals surface area contributed by atoms with Crippen LogP contribution in [0.3, 0.4) is 0 Å². The molecular formula is C12H14N2O4. The first-order valence-corrected chi connectivity index (χ1v) is 5.35. The zero-order chi connectivity index (χ0) is 13.5. The summed E-state index contributed by atoms with van der Waals surface area (Å²) in [6.45, 7) is 3.35. The minimum absolute atomic E-state index is 0.0197. The van der Waals surface area contributed by atoms with E-state index in [1.807, 2.05) is 0 Å². The molecule has 0 spiro atoms. The lowest BCUT2D eigenvalue weighted by Crippen LogP contribution is -2.23. The van der Waals surface area contributed by atoms with Crippen molar-refractivity contribution in [2.24, 2.45) is 5.10 Å². The number of phenols is 1. The van der Waals surface area contributed by atoms with Gasteiger partial charge >= 0.3 is 5.97 Å². The maximum absolute atomic E-state index is 11.6. The largest absolute Gasteiger partial charge is 0.508 e. The van der Waals surface area contributed by atoms with Crippen LogP contribution in [0.1, 0.15) is 24.2 Å². The molecule has 0 aliphatic heterocycles. The van der Waals surface area contributed by atoms with E-state index in [-0.39, 0.29) is 23.6 Å². The molecule has 0 saturated carbocycles. The van der Waals surface area contributed by atoms with Crippen LogP contribution in [0.5, 0.6) is 5.75 Å². The van der Waals surface area contributed by atoms with Crippen LogP contribution in [0, 0.1) is 0 Å².